The number of hydrogen-bond donors (Lipinski definition) is 3. The third kappa shape index (κ3) is 3.73. The molecule has 0 radical (unpaired) electrons. The minimum absolute atomic E-state index is 0.186. The Labute approximate surface area is 114 Å². The molecule has 0 aliphatic rings. The highest BCUT2D eigenvalue weighted by Crippen LogP contribution is 2.15. The molecule has 1 amide bonds. The third-order valence-electron chi connectivity index (χ3n) is 2.48. The van der Waals surface area contributed by atoms with Crippen LogP contribution in [-0.2, 0) is 11.2 Å². The number of phenolic OH excluding ortho intramolecular Hbond substituents is 1. The SMILES string of the molecule is Cc1nnc(NC(=O)[C@@H](N)Cc2ccc(O)cc2)s1. The maximum atomic E-state index is 11.8. The molecular formula is C12H14N4O2S. The maximum Gasteiger partial charge on any atom is 0.243 e. The van der Waals surface area contributed by atoms with Crippen LogP contribution in [0.25, 0.3) is 0 Å². The summed E-state index contributed by atoms with van der Waals surface area (Å²) in [6.45, 7) is 1.81. The molecule has 0 spiro atoms. The highest BCUT2D eigenvalue weighted by Gasteiger charge is 2.15. The van der Waals surface area contributed by atoms with Gasteiger partial charge in [-0.05, 0) is 31.0 Å². The molecule has 4 N–H and O–H groups in total. The molecule has 1 atom stereocenters. The summed E-state index contributed by atoms with van der Waals surface area (Å²) < 4.78 is 0. The van der Waals surface area contributed by atoms with E-state index in [1.54, 1.807) is 24.3 Å². The van der Waals surface area contributed by atoms with Crippen LogP contribution in [0.5, 0.6) is 5.75 Å². The number of nitrogens with zero attached hydrogens (tertiary/aromatic N) is 2. The number of anilines is 1. The van der Waals surface area contributed by atoms with Crippen LogP contribution in [-0.4, -0.2) is 27.3 Å². The monoisotopic (exact) mass is 278 g/mol. The number of aromatic nitrogens is 2. The van der Waals surface area contributed by atoms with Gasteiger partial charge in [0.15, 0.2) is 0 Å². The number of carbonyl (C=O) groups excluding carboxylic acids is 1. The molecule has 2 aromatic rings. The molecule has 0 saturated heterocycles. The molecule has 19 heavy (non-hydrogen) atoms. The minimum Gasteiger partial charge on any atom is -0.508 e. The van der Waals surface area contributed by atoms with E-state index in [-0.39, 0.29) is 11.7 Å². The Bertz CT molecular complexity index is 567. The van der Waals surface area contributed by atoms with Gasteiger partial charge in [0.1, 0.15) is 10.8 Å². The predicted octanol–water partition coefficient (Wildman–Crippen LogP) is 1.06. The van der Waals surface area contributed by atoms with Crippen LogP contribution in [0.4, 0.5) is 5.13 Å². The smallest absolute Gasteiger partial charge is 0.243 e. The summed E-state index contributed by atoms with van der Waals surface area (Å²) in [5.41, 5.74) is 6.71. The number of phenols is 1. The van der Waals surface area contributed by atoms with Gasteiger partial charge in [-0.3, -0.25) is 10.1 Å². The zero-order chi connectivity index (χ0) is 13.8. The van der Waals surface area contributed by atoms with Crippen molar-refractivity contribution in [2.45, 2.75) is 19.4 Å². The van der Waals surface area contributed by atoms with Gasteiger partial charge in [0.2, 0.25) is 11.0 Å². The van der Waals surface area contributed by atoms with E-state index in [0.717, 1.165) is 10.6 Å². The first-order valence-corrected chi connectivity index (χ1v) is 6.50. The van der Waals surface area contributed by atoms with Crippen LogP contribution in [0, 0.1) is 6.92 Å². The van der Waals surface area contributed by atoms with Gasteiger partial charge in [-0.1, -0.05) is 23.5 Å². The van der Waals surface area contributed by atoms with Crippen LogP contribution in [0.2, 0.25) is 0 Å². The summed E-state index contributed by atoms with van der Waals surface area (Å²) in [6.07, 6.45) is 0.393. The molecule has 0 saturated carbocycles. The van der Waals surface area contributed by atoms with Gasteiger partial charge >= 0.3 is 0 Å². The summed E-state index contributed by atoms with van der Waals surface area (Å²) in [4.78, 5) is 11.8. The molecule has 6 nitrogen and oxygen atoms in total. The molecule has 0 bridgehead atoms. The fourth-order valence-electron chi connectivity index (χ4n) is 1.52. The molecule has 1 aromatic heterocycles. The first kappa shape index (κ1) is 13.4. The second-order valence-corrected chi connectivity index (χ2v) is 5.27. The number of benzene rings is 1. The van der Waals surface area contributed by atoms with Crippen molar-refractivity contribution in [3.05, 3.63) is 34.8 Å². The van der Waals surface area contributed by atoms with E-state index in [2.05, 4.69) is 15.5 Å². The van der Waals surface area contributed by atoms with Crippen molar-refractivity contribution >= 4 is 22.4 Å². The van der Waals surface area contributed by atoms with E-state index in [9.17, 15) is 9.90 Å². The highest BCUT2D eigenvalue weighted by atomic mass is 32.1. The average molecular weight is 278 g/mol. The number of carbonyl (C=O) groups is 1. The van der Waals surface area contributed by atoms with Crippen molar-refractivity contribution in [1.29, 1.82) is 0 Å². The Morgan fingerprint density at radius 1 is 1.42 bits per heavy atom. The van der Waals surface area contributed by atoms with E-state index < -0.39 is 6.04 Å². The molecule has 7 heteroatoms. The molecule has 1 heterocycles. The van der Waals surface area contributed by atoms with Crippen LogP contribution in [0.15, 0.2) is 24.3 Å². The lowest BCUT2D eigenvalue weighted by Gasteiger charge is -2.10. The molecule has 0 fully saturated rings. The van der Waals surface area contributed by atoms with Crippen molar-refractivity contribution in [3.8, 4) is 5.75 Å². The first-order valence-electron chi connectivity index (χ1n) is 5.69. The van der Waals surface area contributed by atoms with Crippen molar-refractivity contribution in [2.75, 3.05) is 5.32 Å². The number of aromatic hydroxyl groups is 1. The fourth-order valence-corrected chi connectivity index (χ4v) is 2.12. The molecule has 1 aromatic carbocycles. The number of aryl methyl sites for hydroxylation is 1. The Balaban J connectivity index is 1.94. The number of nitrogens with two attached hydrogens (primary N) is 1. The summed E-state index contributed by atoms with van der Waals surface area (Å²) in [6, 6.07) is 5.92. The second-order valence-electron chi connectivity index (χ2n) is 4.09. The summed E-state index contributed by atoms with van der Waals surface area (Å²) in [5, 5.41) is 20.6. The lowest BCUT2D eigenvalue weighted by molar-refractivity contribution is -0.117. The summed E-state index contributed by atoms with van der Waals surface area (Å²) >= 11 is 1.30. The van der Waals surface area contributed by atoms with Gasteiger partial charge in [0.25, 0.3) is 0 Å². The quantitative estimate of drug-likeness (QED) is 0.776. The van der Waals surface area contributed by atoms with E-state index in [0.29, 0.717) is 11.6 Å². The summed E-state index contributed by atoms with van der Waals surface area (Å²) in [7, 11) is 0. The van der Waals surface area contributed by atoms with Gasteiger partial charge < -0.3 is 10.8 Å². The van der Waals surface area contributed by atoms with Gasteiger partial charge in [0, 0.05) is 0 Å². The van der Waals surface area contributed by atoms with Crippen LogP contribution < -0.4 is 11.1 Å². The van der Waals surface area contributed by atoms with Gasteiger partial charge in [0.05, 0.1) is 6.04 Å². The van der Waals surface area contributed by atoms with Gasteiger partial charge in [-0.2, -0.15) is 0 Å². The molecule has 100 valence electrons. The fraction of sp³-hybridized carbons (Fsp3) is 0.250. The minimum atomic E-state index is -0.672. The van der Waals surface area contributed by atoms with E-state index >= 15 is 0 Å². The number of amides is 1. The lowest BCUT2D eigenvalue weighted by atomic mass is 10.1. The van der Waals surface area contributed by atoms with Crippen LogP contribution in [0.3, 0.4) is 0 Å². The van der Waals surface area contributed by atoms with E-state index in [4.69, 9.17) is 5.73 Å². The average Bonchev–Trinajstić information content (AvgIpc) is 2.77. The van der Waals surface area contributed by atoms with Crippen LogP contribution >= 0.6 is 11.3 Å². The Morgan fingerprint density at radius 2 is 2.11 bits per heavy atom. The van der Waals surface area contributed by atoms with Crippen molar-refractivity contribution in [3.63, 3.8) is 0 Å². The Morgan fingerprint density at radius 3 is 2.68 bits per heavy atom. The Kier molecular flexibility index (Phi) is 4.08. The number of hydrogen-bond acceptors (Lipinski definition) is 6. The van der Waals surface area contributed by atoms with E-state index in [1.807, 2.05) is 6.92 Å². The van der Waals surface area contributed by atoms with Crippen LogP contribution in [0.1, 0.15) is 10.6 Å². The number of rotatable bonds is 4. The highest BCUT2D eigenvalue weighted by molar-refractivity contribution is 7.15. The predicted molar refractivity (Wildman–Crippen MR) is 73.1 cm³/mol. The zero-order valence-corrected chi connectivity index (χ0v) is 11.1. The van der Waals surface area contributed by atoms with E-state index in [1.165, 1.54) is 11.3 Å². The molecule has 2 rings (SSSR count). The Hall–Kier alpha value is -1.99. The van der Waals surface area contributed by atoms with Crippen molar-refractivity contribution < 1.29 is 9.90 Å². The molecule has 0 aliphatic carbocycles. The topological polar surface area (TPSA) is 101 Å². The zero-order valence-electron chi connectivity index (χ0n) is 10.3. The largest absolute Gasteiger partial charge is 0.508 e. The molecule has 0 unspecified atom stereocenters. The van der Waals surface area contributed by atoms with Crippen molar-refractivity contribution in [2.24, 2.45) is 5.73 Å². The first-order chi connectivity index (χ1) is 9.04. The lowest BCUT2D eigenvalue weighted by Crippen LogP contribution is -2.37. The normalized spacial score (nSPS) is 12.1. The molecular weight excluding hydrogens is 264 g/mol. The maximum absolute atomic E-state index is 11.8. The molecule has 0 aliphatic heterocycles. The standard InChI is InChI=1S/C12H14N4O2S/c1-7-15-16-12(19-7)14-11(18)10(13)6-8-2-4-9(17)5-3-8/h2-5,10,17H,6,13H2,1H3,(H,14,16,18)/t10-/m0/s1. The number of nitrogens with one attached hydrogen (secondary N) is 1. The van der Waals surface area contributed by atoms with Gasteiger partial charge in [-0.15, -0.1) is 10.2 Å². The van der Waals surface area contributed by atoms with Crippen molar-refractivity contribution in [1.82, 2.24) is 10.2 Å². The second kappa shape index (κ2) is 5.77. The summed E-state index contributed by atoms with van der Waals surface area (Å²) in [5.74, 6) is -0.115. The van der Waals surface area contributed by atoms with Gasteiger partial charge in [-0.25, -0.2) is 0 Å². The third-order valence-corrected chi connectivity index (χ3v) is 3.24.